The van der Waals surface area contributed by atoms with Crippen LogP contribution in [0.3, 0.4) is 0 Å². The molecule has 1 aromatic carbocycles. The first-order valence-electron chi connectivity index (χ1n) is 9.18. The lowest BCUT2D eigenvalue weighted by atomic mass is 10.2. The minimum absolute atomic E-state index is 0.177. The smallest absolute Gasteiger partial charge is 0.270 e. The number of benzene rings is 1. The minimum Gasteiger partial charge on any atom is -0.372 e. The van der Waals surface area contributed by atoms with Crippen LogP contribution in [0.2, 0.25) is 0 Å². The number of hydrogen-bond donors (Lipinski definition) is 2. The first-order valence-corrected chi connectivity index (χ1v) is 9.18. The molecule has 0 aliphatic rings. The fourth-order valence-corrected chi connectivity index (χ4v) is 2.63. The van der Waals surface area contributed by atoms with Crippen LogP contribution >= 0.6 is 0 Å². The normalized spacial score (nSPS) is 10.7. The molecule has 0 radical (unpaired) electrons. The zero-order valence-corrected chi connectivity index (χ0v) is 16.3. The second kappa shape index (κ2) is 9.17. The van der Waals surface area contributed by atoms with Gasteiger partial charge in [-0.3, -0.25) is 4.79 Å². The van der Waals surface area contributed by atoms with E-state index in [9.17, 15) is 4.79 Å². The van der Waals surface area contributed by atoms with Gasteiger partial charge in [-0.25, -0.2) is 9.97 Å². The topological polar surface area (TPSA) is 70.2 Å². The predicted octanol–water partition coefficient (Wildman–Crippen LogP) is 3.76. The molecule has 2 rings (SSSR count). The van der Waals surface area contributed by atoms with Crippen LogP contribution in [0.4, 0.5) is 17.2 Å². The number of carbonyl (C=O) groups excluding carboxylic acids is 1. The Balaban J connectivity index is 2.13. The van der Waals surface area contributed by atoms with E-state index in [0.717, 1.165) is 18.8 Å². The van der Waals surface area contributed by atoms with Gasteiger partial charge in [-0.2, -0.15) is 0 Å². The number of aromatic nitrogens is 2. The second-order valence-corrected chi connectivity index (χ2v) is 6.63. The average molecular weight is 355 g/mol. The molecule has 1 aromatic heterocycles. The van der Waals surface area contributed by atoms with E-state index in [1.807, 2.05) is 12.1 Å². The molecule has 0 atom stereocenters. The molecule has 6 nitrogen and oxygen atoms in total. The van der Waals surface area contributed by atoms with Crippen LogP contribution in [0, 0.1) is 12.8 Å². The van der Waals surface area contributed by atoms with Crippen molar-refractivity contribution in [3.05, 3.63) is 41.9 Å². The van der Waals surface area contributed by atoms with Crippen molar-refractivity contribution >= 4 is 23.1 Å². The van der Waals surface area contributed by atoms with Crippen LogP contribution in [-0.4, -0.2) is 35.5 Å². The van der Waals surface area contributed by atoms with Crippen molar-refractivity contribution in [1.29, 1.82) is 0 Å². The van der Waals surface area contributed by atoms with Gasteiger partial charge in [0.05, 0.1) is 0 Å². The molecule has 140 valence electrons. The molecular formula is C20H29N5O. The van der Waals surface area contributed by atoms with E-state index >= 15 is 0 Å². The SMILES string of the molecule is CCN(CC)c1ccc(Nc2cc(C(=O)NCC(C)C)nc(C)n2)cc1. The summed E-state index contributed by atoms with van der Waals surface area (Å²) in [5, 5.41) is 6.14. The number of carbonyl (C=O) groups is 1. The summed E-state index contributed by atoms with van der Waals surface area (Å²) in [4.78, 5) is 23.2. The monoisotopic (exact) mass is 355 g/mol. The quantitative estimate of drug-likeness (QED) is 0.754. The number of amides is 1. The Morgan fingerprint density at radius 3 is 2.35 bits per heavy atom. The zero-order valence-electron chi connectivity index (χ0n) is 16.3. The summed E-state index contributed by atoms with van der Waals surface area (Å²) in [6.45, 7) is 12.8. The Hall–Kier alpha value is -2.63. The lowest BCUT2D eigenvalue weighted by Gasteiger charge is -2.21. The lowest BCUT2D eigenvalue weighted by molar-refractivity contribution is 0.0943. The van der Waals surface area contributed by atoms with Gasteiger partial charge in [0.2, 0.25) is 0 Å². The maximum absolute atomic E-state index is 12.3. The van der Waals surface area contributed by atoms with E-state index in [2.05, 4.69) is 65.3 Å². The Kier molecular flexibility index (Phi) is 6.95. The van der Waals surface area contributed by atoms with E-state index in [1.54, 1.807) is 13.0 Å². The van der Waals surface area contributed by atoms with Crippen molar-refractivity contribution in [2.45, 2.75) is 34.6 Å². The molecule has 0 saturated carbocycles. The summed E-state index contributed by atoms with van der Waals surface area (Å²) >= 11 is 0. The minimum atomic E-state index is -0.177. The van der Waals surface area contributed by atoms with Gasteiger partial charge in [0.1, 0.15) is 17.3 Å². The largest absolute Gasteiger partial charge is 0.372 e. The van der Waals surface area contributed by atoms with Gasteiger partial charge in [0.15, 0.2) is 0 Å². The second-order valence-electron chi connectivity index (χ2n) is 6.63. The van der Waals surface area contributed by atoms with E-state index in [0.29, 0.717) is 29.8 Å². The highest BCUT2D eigenvalue weighted by molar-refractivity contribution is 5.93. The summed E-state index contributed by atoms with van der Waals surface area (Å²) < 4.78 is 0. The van der Waals surface area contributed by atoms with Gasteiger partial charge in [-0.1, -0.05) is 13.8 Å². The highest BCUT2D eigenvalue weighted by atomic mass is 16.1. The summed E-state index contributed by atoms with van der Waals surface area (Å²) in [5.74, 6) is 1.39. The predicted molar refractivity (Wildman–Crippen MR) is 107 cm³/mol. The average Bonchev–Trinajstić information content (AvgIpc) is 2.61. The Morgan fingerprint density at radius 1 is 1.12 bits per heavy atom. The molecule has 0 aliphatic carbocycles. The van der Waals surface area contributed by atoms with E-state index < -0.39 is 0 Å². The molecule has 2 N–H and O–H groups in total. The van der Waals surface area contributed by atoms with Gasteiger partial charge in [0.25, 0.3) is 5.91 Å². The number of nitrogens with zero attached hydrogens (tertiary/aromatic N) is 3. The molecule has 1 heterocycles. The molecule has 0 fully saturated rings. The van der Waals surface area contributed by atoms with Gasteiger partial charge in [-0.15, -0.1) is 0 Å². The van der Waals surface area contributed by atoms with Crippen LogP contribution in [0.15, 0.2) is 30.3 Å². The number of nitrogens with one attached hydrogen (secondary N) is 2. The molecule has 1 amide bonds. The summed E-state index contributed by atoms with van der Waals surface area (Å²) in [7, 11) is 0. The van der Waals surface area contributed by atoms with E-state index in [4.69, 9.17) is 0 Å². The fraction of sp³-hybridized carbons (Fsp3) is 0.450. The van der Waals surface area contributed by atoms with Gasteiger partial charge < -0.3 is 15.5 Å². The standard InChI is InChI=1S/C20H29N5O/c1-6-25(7-2)17-10-8-16(9-11-17)24-19-12-18(22-15(5)23-19)20(26)21-13-14(3)4/h8-12,14H,6-7,13H2,1-5H3,(H,21,26)(H,22,23,24). The molecule has 0 aliphatic heterocycles. The number of anilines is 3. The maximum Gasteiger partial charge on any atom is 0.270 e. The molecule has 0 spiro atoms. The van der Waals surface area contributed by atoms with Gasteiger partial charge in [0, 0.05) is 37.1 Å². The Morgan fingerprint density at radius 2 is 1.77 bits per heavy atom. The third-order valence-corrected chi connectivity index (χ3v) is 4.01. The van der Waals surface area contributed by atoms with E-state index in [1.165, 1.54) is 5.69 Å². The van der Waals surface area contributed by atoms with Gasteiger partial charge >= 0.3 is 0 Å². The van der Waals surface area contributed by atoms with Crippen molar-refractivity contribution < 1.29 is 4.79 Å². The summed E-state index contributed by atoms with van der Waals surface area (Å²) in [6.07, 6.45) is 0. The summed E-state index contributed by atoms with van der Waals surface area (Å²) in [5.41, 5.74) is 2.49. The molecule has 6 heteroatoms. The third-order valence-electron chi connectivity index (χ3n) is 4.01. The molecule has 26 heavy (non-hydrogen) atoms. The van der Waals surface area contributed by atoms with Crippen molar-refractivity contribution in [3.63, 3.8) is 0 Å². The highest BCUT2D eigenvalue weighted by Gasteiger charge is 2.11. The van der Waals surface area contributed by atoms with Crippen LogP contribution in [0.5, 0.6) is 0 Å². The first kappa shape index (κ1) is 19.7. The van der Waals surface area contributed by atoms with Crippen molar-refractivity contribution in [3.8, 4) is 0 Å². The maximum atomic E-state index is 12.3. The molecule has 0 saturated heterocycles. The van der Waals surface area contributed by atoms with Crippen LogP contribution < -0.4 is 15.5 Å². The Labute approximate surface area is 156 Å². The summed E-state index contributed by atoms with van der Waals surface area (Å²) in [6, 6.07) is 9.88. The first-order chi connectivity index (χ1) is 12.4. The van der Waals surface area contributed by atoms with Crippen molar-refractivity contribution in [2.24, 2.45) is 5.92 Å². The van der Waals surface area contributed by atoms with Crippen molar-refractivity contribution in [2.75, 3.05) is 29.9 Å². The molecule has 2 aromatic rings. The third kappa shape index (κ3) is 5.44. The molecular weight excluding hydrogens is 326 g/mol. The highest BCUT2D eigenvalue weighted by Crippen LogP contribution is 2.20. The molecule has 0 bridgehead atoms. The zero-order chi connectivity index (χ0) is 19.1. The van der Waals surface area contributed by atoms with Gasteiger partial charge in [-0.05, 0) is 51.0 Å². The van der Waals surface area contributed by atoms with Crippen LogP contribution in [-0.2, 0) is 0 Å². The Bertz CT molecular complexity index is 723. The fourth-order valence-electron chi connectivity index (χ4n) is 2.63. The molecule has 0 unspecified atom stereocenters. The number of hydrogen-bond acceptors (Lipinski definition) is 5. The number of rotatable bonds is 8. The number of aryl methyl sites for hydroxylation is 1. The lowest BCUT2D eigenvalue weighted by Crippen LogP contribution is -2.28. The van der Waals surface area contributed by atoms with Crippen LogP contribution in [0.1, 0.15) is 44.0 Å². The van der Waals surface area contributed by atoms with Crippen molar-refractivity contribution in [1.82, 2.24) is 15.3 Å². The van der Waals surface area contributed by atoms with Crippen LogP contribution in [0.25, 0.3) is 0 Å². The van der Waals surface area contributed by atoms with E-state index in [-0.39, 0.29) is 5.91 Å².